The predicted molar refractivity (Wildman–Crippen MR) is 102 cm³/mol. The lowest BCUT2D eigenvalue weighted by Crippen LogP contribution is -2.46. The van der Waals surface area contributed by atoms with E-state index in [1.165, 1.54) is 18.1 Å². The van der Waals surface area contributed by atoms with Gasteiger partial charge < -0.3 is 9.47 Å². The van der Waals surface area contributed by atoms with Crippen molar-refractivity contribution in [1.82, 2.24) is 0 Å². The molecule has 2 heterocycles. The van der Waals surface area contributed by atoms with Gasteiger partial charge in [-0.2, -0.15) is 0 Å². The molecule has 0 aliphatic carbocycles. The van der Waals surface area contributed by atoms with E-state index in [-0.39, 0.29) is 17.7 Å². The van der Waals surface area contributed by atoms with E-state index >= 15 is 0 Å². The zero-order chi connectivity index (χ0) is 18.7. The lowest BCUT2D eigenvalue weighted by molar-refractivity contribution is -0.186. The summed E-state index contributed by atoms with van der Waals surface area (Å²) in [6, 6.07) is 0. The van der Waals surface area contributed by atoms with Crippen LogP contribution in [0.15, 0.2) is 23.3 Å². The molecule has 2 aliphatic rings. The third-order valence-corrected chi connectivity index (χ3v) is 6.15. The first-order valence-electron chi connectivity index (χ1n) is 9.85. The average molecular weight is 349 g/mol. The molecule has 0 spiro atoms. The van der Waals surface area contributed by atoms with Gasteiger partial charge in [-0.15, -0.1) is 0 Å². The Morgan fingerprint density at radius 2 is 1.88 bits per heavy atom. The first-order chi connectivity index (χ1) is 11.7. The van der Waals surface area contributed by atoms with Gasteiger partial charge in [-0.25, -0.2) is 0 Å². The molecular weight excluding hydrogens is 312 g/mol. The van der Waals surface area contributed by atoms with Crippen LogP contribution in [-0.4, -0.2) is 23.3 Å². The fourth-order valence-corrected chi connectivity index (χ4v) is 4.18. The number of fused-ring (bicyclic) bond motifs is 2. The van der Waals surface area contributed by atoms with E-state index in [1.54, 1.807) is 0 Å². The number of carbonyl (C=O) groups is 1. The van der Waals surface area contributed by atoms with Crippen molar-refractivity contribution in [2.24, 2.45) is 5.92 Å². The summed E-state index contributed by atoms with van der Waals surface area (Å²) in [5.74, 6) is 0.222. The van der Waals surface area contributed by atoms with Crippen LogP contribution >= 0.6 is 0 Å². The van der Waals surface area contributed by atoms with E-state index in [0.29, 0.717) is 5.92 Å². The number of rotatable bonds is 2. The van der Waals surface area contributed by atoms with Crippen LogP contribution in [0.2, 0.25) is 0 Å². The standard InChI is InChI=1S/C22H36O3/c1-16(2)22-13-12-18(4)9-7-8-17(3)10-11-20(24-19(5)23)21(6,25-22)14-15-22/h8,12,16,20H,7,9-11,13-15H2,1-6H3/b17-8+,18-12+/t20-,21-,22+/m0/s1. The van der Waals surface area contributed by atoms with Crippen LogP contribution in [0.3, 0.4) is 0 Å². The van der Waals surface area contributed by atoms with Crippen LogP contribution in [0.1, 0.15) is 86.5 Å². The highest BCUT2D eigenvalue weighted by Gasteiger charge is 2.52. The summed E-state index contributed by atoms with van der Waals surface area (Å²) >= 11 is 0. The van der Waals surface area contributed by atoms with Gasteiger partial charge in [0.1, 0.15) is 11.7 Å². The SMILES string of the molecule is CC(=O)O[C@H]1CC/C(C)=C/CC/C(C)=C/C[C@]2(C(C)C)CC[C@]1(C)O2. The van der Waals surface area contributed by atoms with Crippen molar-refractivity contribution in [2.45, 2.75) is 104 Å². The van der Waals surface area contributed by atoms with Crippen molar-refractivity contribution in [3.8, 4) is 0 Å². The maximum Gasteiger partial charge on any atom is 0.303 e. The van der Waals surface area contributed by atoms with Crippen LogP contribution in [0.25, 0.3) is 0 Å². The summed E-state index contributed by atoms with van der Waals surface area (Å²) in [5.41, 5.74) is 2.27. The molecular formula is C22H36O3. The predicted octanol–water partition coefficient (Wildman–Crippen LogP) is 5.74. The summed E-state index contributed by atoms with van der Waals surface area (Å²) in [7, 11) is 0. The smallest absolute Gasteiger partial charge is 0.303 e. The molecule has 0 aromatic heterocycles. The van der Waals surface area contributed by atoms with Gasteiger partial charge in [0.2, 0.25) is 0 Å². The molecule has 25 heavy (non-hydrogen) atoms. The minimum atomic E-state index is -0.397. The molecule has 2 rings (SSSR count). The van der Waals surface area contributed by atoms with Crippen LogP contribution < -0.4 is 0 Å². The molecule has 0 aromatic carbocycles. The molecule has 0 unspecified atom stereocenters. The highest BCUT2D eigenvalue weighted by molar-refractivity contribution is 5.66. The molecule has 3 nitrogen and oxygen atoms in total. The Hall–Kier alpha value is -1.09. The summed E-state index contributed by atoms with van der Waals surface area (Å²) in [4.78, 5) is 11.7. The number of allylic oxidation sites excluding steroid dienone is 3. The monoisotopic (exact) mass is 348 g/mol. The second-order valence-corrected chi connectivity index (χ2v) is 8.61. The third kappa shape index (κ3) is 4.97. The number of ether oxygens (including phenoxy) is 2. The second-order valence-electron chi connectivity index (χ2n) is 8.61. The summed E-state index contributed by atoms with van der Waals surface area (Å²) in [6.45, 7) is 12.6. The van der Waals surface area contributed by atoms with E-state index < -0.39 is 5.60 Å². The van der Waals surface area contributed by atoms with Crippen molar-refractivity contribution in [1.29, 1.82) is 0 Å². The van der Waals surface area contributed by atoms with Gasteiger partial charge in [0.25, 0.3) is 0 Å². The summed E-state index contributed by atoms with van der Waals surface area (Å²) in [5, 5.41) is 0. The number of hydrogen-bond acceptors (Lipinski definition) is 3. The molecule has 142 valence electrons. The Labute approximate surface area is 153 Å². The zero-order valence-corrected chi connectivity index (χ0v) is 17.0. The van der Waals surface area contributed by atoms with Crippen LogP contribution in [-0.2, 0) is 14.3 Å². The minimum absolute atomic E-state index is 0.148. The third-order valence-electron chi connectivity index (χ3n) is 6.15. The molecule has 3 atom stereocenters. The fraction of sp³-hybridized carbons (Fsp3) is 0.773. The van der Waals surface area contributed by atoms with Gasteiger partial charge in [0.15, 0.2) is 0 Å². The molecule has 0 radical (unpaired) electrons. The van der Waals surface area contributed by atoms with E-state index in [9.17, 15) is 4.79 Å². The maximum absolute atomic E-state index is 11.7. The van der Waals surface area contributed by atoms with Gasteiger partial charge in [0.05, 0.1) is 5.60 Å². The van der Waals surface area contributed by atoms with Gasteiger partial charge in [-0.1, -0.05) is 37.1 Å². The highest BCUT2D eigenvalue weighted by atomic mass is 16.6. The highest BCUT2D eigenvalue weighted by Crippen LogP contribution is 2.48. The Balaban J connectivity index is 2.35. The van der Waals surface area contributed by atoms with Crippen molar-refractivity contribution in [2.75, 3.05) is 0 Å². The molecule has 2 aliphatic heterocycles. The van der Waals surface area contributed by atoms with Crippen LogP contribution in [0.4, 0.5) is 0 Å². The zero-order valence-electron chi connectivity index (χ0n) is 17.0. The Kier molecular flexibility index (Phi) is 6.53. The van der Waals surface area contributed by atoms with Gasteiger partial charge in [0, 0.05) is 6.92 Å². The van der Waals surface area contributed by atoms with Gasteiger partial charge in [-0.3, -0.25) is 4.79 Å². The maximum atomic E-state index is 11.7. The van der Waals surface area contributed by atoms with E-state index in [0.717, 1.165) is 44.9 Å². The Morgan fingerprint density at radius 3 is 2.52 bits per heavy atom. The minimum Gasteiger partial charge on any atom is -0.459 e. The van der Waals surface area contributed by atoms with Crippen LogP contribution in [0, 0.1) is 5.92 Å². The van der Waals surface area contributed by atoms with Crippen molar-refractivity contribution >= 4 is 5.97 Å². The number of esters is 1. The lowest BCUT2D eigenvalue weighted by atomic mass is 9.82. The first kappa shape index (κ1) is 20.2. The first-order valence-corrected chi connectivity index (χ1v) is 9.85. The fourth-order valence-electron chi connectivity index (χ4n) is 4.18. The summed E-state index contributed by atoms with van der Waals surface area (Å²) in [6.07, 6.45) is 11.4. The molecule has 0 amide bonds. The lowest BCUT2D eigenvalue weighted by Gasteiger charge is -2.39. The number of hydrogen-bond donors (Lipinski definition) is 0. The molecule has 1 saturated heterocycles. The topological polar surface area (TPSA) is 35.5 Å². The normalized spacial score (nSPS) is 38.6. The largest absolute Gasteiger partial charge is 0.459 e. The van der Waals surface area contributed by atoms with Crippen LogP contribution in [0.5, 0.6) is 0 Å². The van der Waals surface area contributed by atoms with Crippen molar-refractivity contribution < 1.29 is 14.3 Å². The molecule has 1 fully saturated rings. The van der Waals surface area contributed by atoms with E-state index in [4.69, 9.17) is 9.47 Å². The molecule has 0 N–H and O–H groups in total. The molecule has 3 heteroatoms. The second kappa shape index (κ2) is 8.07. The molecule has 2 bridgehead atoms. The number of carbonyl (C=O) groups excluding carboxylic acids is 1. The Bertz CT molecular complexity index is 545. The van der Waals surface area contributed by atoms with Gasteiger partial charge >= 0.3 is 5.97 Å². The van der Waals surface area contributed by atoms with Crippen molar-refractivity contribution in [3.63, 3.8) is 0 Å². The average Bonchev–Trinajstić information content (AvgIpc) is 2.88. The van der Waals surface area contributed by atoms with E-state index in [1.807, 2.05) is 0 Å². The quantitative estimate of drug-likeness (QED) is 0.471. The van der Waals surface area contributed by atoms with Gasteiger partial charge in [-0.05, 0) is 71.6 Å². The van der Waals surface area contributed by atoms with Crippen molar-refractivity contribution in [3.05, 3.63) is 23.3 Å². The molecule has 0 aromatic rings. The summed E-state index contributed by atoms with van der Waals surface area (Å²) < 4.78 is 12.5. The molecule has 0 saturated carbocycles. The van der Waals surface area contributed by atoms with E-state index in [2.05, 4.69) is 46.8 Å². The Morgan fingerprint density at radius 1 is 1.20 bits per heavy atom.